The lowest BCUT2D eigenvalue weighted by Gasteiger charge is -2.14. The Kier molecular flexibility index (Phi) is 3.73. The summed E-state index contributed by atoms with van der Waals surface area (Å²) < 4.78 is 8.97. The average molecular weight is 254 g/mol. The van der Waals surface area contributed by atoms with Crippen LogP contribution in [-0.4, -0.2) is 40.8 Å². The van der Waals surface area contributed by atoms with E-state index in [0.29, 0.717) is 11.3 Å². The molecule has 0 aromatic carbocycles. The summed E-state index contributed by atoms with van der Waals surface area (Å²) in [5, 5.41) is 1.64. The van der Waals surface area contributed by atoms with Gasteiger partial charge < -0.3 is 9.64 Å². The number of amides is 1. The van der Waals surface area contributed by atoms with E-state index in [1.807, 2.05) is 0 Å². The molecular weight excluding hydrogens is 240 g/mol. The molecule has 0 bridgehead atoms. The minimum absolute atomic E-state index is 0.114. The van der Waals surface area contributed by atoms with Crippen molar-refractivity contribution in [2.75, 3.05) is 19.7 Å². The topological polar surface area (TPSA) is 59.5 Å². The molecule has 1 aromatic rings. The van der Waals surface area contributed by atoms with Crippen molar-refractivity contribution in [2.24, 2.45) is 0 Å². The molecule has 2 rings (SSSR count). The molecule has 0 spiro atoms. The quantitative estimate of drug-likeness (QED) is 0.761. The van der Waals surface area contributed by atoms with Gasteiger partial charge in [-0.2, -0.15) is 4.37 Å². The number of aryl methyl sites for hydroxylation is 1. The molecule has 0 saturated carbocycles. The van der Waals surface area contributed by atoms with Crippen molar-refractivity contribution in [1.29, 1.82) is 0 Å². The normalized spacial score (nSPS) is 15.0. The molecule has 5 nitrogen and oxygen atoms in total. The molecule has 1 saturated heterocycles. The molecule has 0 unspecified atom stereocenters. The lowest BCUT2D eigenvalue weighted by molar-refractivity contribution is -0.133. The first-order valence-corrected chi connectivity index (χ1v) is 6.38. The number of rotatable bonds is 3. The minimum atomic E-state index is -0.469. The molecule has 1 aliphatic rings. The Labute approximate surface area is 104 Å². The van der Waals surface area contributed by atoms with Crippen molar-refractivity contribution < 1.29 is 14.3 Å². The van der Waals surface area contributed by atoms with Crippen LogP contribution in [0.1, 0.15) is 28.9 Å². The van der Waals surface area contributed by atoms with Gasteiger partial charge in [-0.05, 0) is 31.3 Å². The number of hydrogen-bond acceptors (Lipinski definition) is 5. The second-order valence-corrected chi connectivity index (χ2v) is 4.61. The molecule has 17 heavy (non-hydrogen) atoms. The first kappa shape index (κ1) is 12.0. The first-order chi connectivity index (χ1) is 8.18. The number of carbonyl (C=O) groups excluding carboxylic acids is 2. The van der Waals surface area contributed by atoms with E-state index in [-0.39, 0.29) is 12.5 Å². The van der Waals surface area contributed by atoms with E-state index in [1.165, 1.54) is 11.5 Å². The lowest BCUT2D eigenvalue weighted by atomic mass is 10.3. The molecule has 0 atom stereocenters. The van der Waals surface area contributed by atoms with Crippen molar-refractivity contribution in [3.63, 3.8) is 0 Å². The van der Waals surface area contributed by atoms with Gasteiger partial charge in [0.1, 0.15) is 0 Å². The van der Waals surface area contributed by atoms with Gasteiger partial charge in [0.2, 0.25) is 0 Å². The highest BCUT2D eigenvalue weighted by Gasteiger charge is 2.20. The molecule has 2 heterocycles. The number of esters is 1. The van der Waals surface area contributed by atoms with E-state index in [1.54, 1.807) is 17.2 Å². The zero-order chi connectivity index (χ0) is 12.3. The number of hydrogen-bond donors (Lipinski definition) is 0. The van der Waals surface area contributed by atoms with Gasteiger partial charge in [0.05, 0.1) is 11.3 Å². The number of carbonyl (C=O) groups is 2. The number of aromatic nitrogens is 1. The third-order valence-electron chi connectivity index (χ3n) is 2.76. The van der Waals surface area contributed by atoms with Gasteiger partial charge in [0.15, 0.2) is 6.61 Å². The summed E-state index contributed by atoms with van der Waals surface area (Å²) in [4.78, 5) is 25.0. The average Bonchev–Trinajstić information content (AvgIpc) is 2.95. The Morgan fingerprint density at radius 3 is 2.76 bits per heavy atom. The fraction of sp³-hybridized carbons (Fsp3) is 0.545. The van der Waals surface area contributed by atoms with E-state index in [9.17, 15) is 9.59 Å². The summed E-state index contributed by atoms with van der Waals surface area (Å²) in [6.07, 6.45) is 2.07. The van der Waals surface area contributed by atoms with Crippen LogP contribution in [0, 0.1) is 6.92 Å². The van der Waals surface area contributed by atoms with E-state index < -0.39 is 5.97 Å². The molecule has 1 fully saturated rings. The summed E-state index contributed by atoms with van der Waals surface area (Å²) in [7, 11) is 0. The Hall–Kier alpha value is -1.43. The highest BCUT2D eigenvalue weighted by atomic mass is 32.1. The Morgan fingerprint density at radius 2 is 2.18 bits per heavy atom. The molecule has 1 aromatic heterocycles. The summed E-state index contributed by atoms with van der Waals surface area (Å²) in [5.74, 6) is -0.583. The standard InChI is InChI=1S/C11H14N2O3S/c1-8-9(7-17-12-8)11(15)16-6-10(14)13-4-2-3-5-13/h7H,2-6H2,1H3. The van der Waals surface area contributed by atoms with E-state index in [2.05, 4.69) is 4.37 Å². The molecule has 92 valence electrons. The van der Waals surface area contributed by atoms with Crippen LogP contribution in [0.5, 0.6) is 0 Å². The predicted molar refractivity (Wildman–Crippen MR) is 62.9 cm³/mol. The SMILES string of the molecule is Cc1nscc1C(=O)OCC(=O)N1CCCC1. The highest BCUT2D eigenvalue weighted by Crippen LogP contribution is 2.11. The van der Waals surface area contributed by atoms with E-state index in [0.717, 1.165) is 25.9 Å². The van der Waals surface area contributed by atoms with Crippen molar-refractivity contribution >= 4 is 23.4 Å². The van der Waals surface area contributed by atoms with Gasteiger partial charge in [0.25, 0.3) is 5.91 Å². The molecule has 0 aliphatic carbocycles. The maximum atomic E-state index is 11.6. The monoisotopic (exact) mass is 254 g/mol. The van der Waals surface area contributed by atoms with Crippen molar-refractivity contribution in [3.8, 4) is 0 Å². The van der Waals surface area contributed by atoms with Crippen molar-refractivity contribution in [3.05, 3.63) is 16.6 Å². The second kappa shape index (κ2) is 5.27. The van der Waals surface area contributed by atoms with Crippen molar-refractivity contribution in [2.45, 2.75) is 19.8 Å². The molecule has 0 N–H and O–H groups in total. The third-order valence-corrected chi connectivity index (χ3v) is 3.48. The van der Waals surface area contributed by atoms with Crippen LogP contribution in [0.25, 0.3) is 0 Å². The molecule has 0 radical (unpaired) electrons. The van der Waals surface area contributed by atoms with Gasteiger partial charge >= 0.3 is 5.97 Å². The summed E-state index contributed by atoms with van der Waals surface area (Å²) in [5.41, 5.74) is 1.10. The number of likely N-dealkylation sites (tertiary alicyclic amines) is 1. The van der Waals surface area contributed by atoms with Crippen LogP contribution >= 0.6 is 11.5 Å². The van der Waals surface area contributed by atoms with E-state index >= 15 is 0 Å². The lowest BCUT2D eigenvalue weighted by Crippen LogP contribution is -2.32. The smallest absolute Gasteiger partial charge is 0.341 e. The maximum absolute atomic E-state index is 11.6. The Balaban J connectivity index is 1.84. The summed E-state index contributed by atoms with van der Waals surface area (Å²) in [6, 6.07) is 0. The fourth-order valence-corrected chi connectivity index (χ4v) is 2.43. The first-order valence-electron chi connectivity index (χ1n) is 5.54. The fourth-order valence-electron chi connectivity index (χ4n) is 1.75. The molecular formula is C11H14N2O3S. The largest absolute Gasteiger partial charge is 0.452 e. The van der Waals surface area contributed by atoms with E-state index in [4.69, 9.17) is 4.74 Å². The summed E-state index contributed by atoms with van der Waals surface area (Å²) >= 11 is 1.21. The maximum Gasteiger partial charge on any atom is 0.341 e. The Bertz CT molecular complexity index is 424. The number of ether oxygens (including phenoxy) is 1. The molecule has 1 amide bonds. The van der Waals surface area contributed by atoms with Gasteiger partial charge in [-0.25, -0.2) is 4.79 Å². The third kappa shape index (κ3) is 2.82. The zero-order valence-corrected chi connectivity index (χ0v) is 10.5. The number of nitrogens with zero attached hydrogens (tertiary/aromatic N) is 2. The van der Waals surface area contributed by atoms with Crippen LogP contribution in [-0.2, 0) is 9.53 Å². The zero-order valence-electron chi connectivity index (χ0n) is 9.64. The van der Waals surface area contributed by atoms with Crippen LogP contribution in [0.4, 0.5) is 0 Å². The Morgan fingerprint density at radius 1 is 1.47 bits per heavy atom. The van der Waals surface area contributed by atoms with Crippen LogP contribution in [0.15, 0.2) is 5.38 Å². The highest BCUT2D eigenvalue weighted by molar-refractivity contribution is 7.03. The second-order valence-electron chi connectivity index (χ2n) is 3.98. The minimum Gasteiger partial charge on any atom is -0.452 e. The van der Waals surface area contributed by atoms with Gasteiger partial charge in [0, 0.05) is 18.5 Å². The van der Waals surface area contributed by atoms with Crippen LogP contribution in [0.2, 0.25) is 0 Å². The van der Waals surface area contributed by atoms with Crippen LogP contribution < -0.4 is 0 Å². The van der Waals surface area contributed by atoms with Crippen molar-refractivity contribution in [1.82, 2.24) is 9.27 Å². The van der Waals surface area contributed by atoms with Gasteiger partial charge in [-0.1, -0.05) is 0 Å². The molecule has 1 aliphatic heterocycles. The predicted octanol–water partition coefficient (Wildman–Crippen LogP) is 1.23. The summed E-state index contributed by atoms with van der Waals surface area (Å²) in [6.45, 7) is 3.12. The van der Waals surface area contributed by atoms with Gasteiger partial charge in [-0.3, -0.25) is 4.79 Å². The van der Waals surface area contributed by atoms with Crippen LogP contribution in [0.3, 0.4) is 0 Å². The van der Waals surface area contributed by atoms with Gasteiger partial charge in [-0.15, -0.1) is 0 Å². The molecule has 6 heteroatoms.